The van der Waals surface area contributed by atoms with E-state index in [2.05, 4.69) is 167 Å². The molecule has 0 radical (unpaired) electrons. The Balaban J connectivity index is 4.62. The summed E-state index contributed by atoms with van der Waals surface area (Å²) in [5.74, 6) is -1.07. The summed E-state index contributed by atoms with van der Waals surface area (Å²) < 4.78 is 16.7. The van der Waals surface area contributed by atoms with Gasteiger partial charge in [-0.05, 0) is 141 Å². The average molecular weight is 951 g/mol. The van der Waals surface area contributed by atoms with Gasteiger partial charge in [-0.1, -0.05) is 199 Å². The van der Waals surface area contributed by atoms with Crippen molar-refractivity contribution >= 4 is 17.9 Å². The number of carbonyl (C=O) groups excluding carboxylic acids is 3. The molecule has 1 atom stereocenters. The van der Waals surface area contributed by atoms with Gasteiger partial charge in [0.15, 0.2) is 6.10 Å². The highest BCUT2D eigenvalue weighted by Gasteiger charge is 2.19. The fraction of sp³-hybridized carbons (Fsp3) is 0.571. The van der Waals surface area contributed by atoms with Gasteiger partial charge in [0.1, 0.15) is 13.2 Å². The van der Waals surface area contributed by atoms with Crippen LogP contribution in [0, 0.1) is 0 Å². The molecule has 0 fully saturated rings. The van der Waals surface area contributed by atoms with Gasteiger partial charge in [0.05, 0.1) is 0 Å². The Morgan fingerprint density at radius 3 is 0.942 bits per heavy atom. The second-order valence-electron chi connectivity index (χ2n) is 17.4. The molecule has 0 aromatic carbocycles. The molecule has 0 bridgehead atoms. The van der Waals surface area contributed by atoms with Gasteiger partial charge >= 0.3 is 17.9 Å². The number of allylic oxidation sites excluding steroid dienone is 24. The van der Waals surface area contributed by atoms with Crippen LogP contribution in [0.2, 0.25) is 0 Å². The number of hydrogen-bond acceptors (Lipinski definition) is 6. The molecular weight excluding hydrogens is 853 g/mol. The standard InChI is InChI=1S/C63H98O6/c1-4-7-10-13-16-19-22-25-28-30-31-33-36-38-41-44-47-50-53-56-62(65)68-59-60(69-63(66)57-54-51-48-45-42-39-34-27-24-21-18-15-12-9-6-3)58-67-61(64)55-52-49-46-43-40-37-35-32-29-26-23-20-17-14-11-8-5-2/h8,11,16-21,25-29,31,33-35,37-38,41-43,45-46,60H,4-7,9-10,12-15,22-24,30,32,36,39-40,44,47-59H2,1-3H3/b11-8-,19-16-,20-17-,21-18-,28-25-,29-26-,33-31-,34-27-,37-35-,41-38-,45-42-,46-43-/t60-/m1/s1. The summed E-state index contributed by atoms with van der Waals surface area (Å²) in [4.78, 5) is 38.1. The minimum Gasteiger partial charge on any atom is -0.462 e. The number of ether oxygens (including phenoxy) is 3. The van der Waals surface area contributed by atoms with Crippen LogP contribution in [0.1, 0.15) is 213 Å². The molecule has 6 nitrogen and oxygen atoms in total. The van der Waals surface area contributed by atoms with Crippen molar-refractivity contribution < 1.29 is 28.6 Å². The van der Waals surface area contributed by atoms with Crippen molar-refractivity contribution in [2.45, 2.75) is 219 Å². The summed E-state index contributed by atoms with van der Waals surface area (Å²) in [6.07, 6.45) is 79.8. The number of hydrogen-bond donors (Lipinski definition) is 0. The molecule has 0 spiro atoms. The Bertz CT molecular complexity index is 1560. The van der Waals surface area contributed by atoms with Gasteiger partial charge < -0.3 is 14.2 Å². The molecule has 0 aromatic rings. The van der Waals surface area contributed by atoms with Gasteiger partial charge in [0.2, 0.25) is 0 Å². The SMILES string of the molecule is CC/C=C\C/C=C\C/C=C\C/C=C\C/C=C\CCCC(=O)OC[C@H](COC(=O)CCCCC/C=C\C/C=C\C/C=C\C/C=C\CCCCC)OC(=O)CCCC/C=C\C/C=C\C/C=C\CCCCC. The zero-order chi connectivity index (χ0) is 50.0. The molecule has 0 saturated heterocycles. The second-order valence-corrected chi connectivity index (χ2v) is 17.4. The van der Waals surface area contributed by atoms with E-state index in [1.165, 1.54) is 51.4 Å². The Morgan fingerprint density at radius 1 is 0.304 bits per heavy atom. The normalized spacial score (nSPS) is 13.3. The molecule has 69 heavy (non-hydrogen) atoms. The van der Waals surface area contributed by atoms with E-state index >= 15 is 0 Å². The molecule has 0 heterocycles. The first kappa shape index (κ1) is 64.3. The Morgan fingerprint density at radius 2 is 0.580 bits per heavy atom. The number of rotatable bonds is 47. The van der Waals surface area contributed by atoms with Crippen molar-refractivity contribution in [2.75, 3.05) is 13.2 Å². The molecule has 6 heteroatoms. The third-order valence-corrected chi connectivity index (χ3v) is 10.8. The molecule has 0 rings (SSSR count). The summed E-state index contributed by atoms with van der Waals surface area (Å²) in [6.45, 7) is 6.34. The molecule has 386 valence electrons. The van der Waals surface area contributed by atoms with Crippen molar-refractivity contribution in [3.63, 3.8) is 0 Å². The fourth-order valence-electron chi connectivity index (χ4n) is 6.70. The first-order valence-corrected chi connectivity index (χ1v) is 27.3. The van der Waals surface area contributed by atoms with E-state index in [1.807, 2.05) is 0 Å². The van der Waals surface area contributed by atoms with Crippen LogP contribution in [0.25, 0.3) is 0 Å². The highest BCUT2D eigenvalue weighted by Crippen LogP contribution is 2.10. The molecule has 0 aromatic heterocycles. The molecule has 0 unspecified atom stereocenters. The minimum atomic E-state index is -0.841. The van der Waals surface area contributed by atoms with Crippen LogP contribution in [-0.2, 0) is 28.6 Å². The van der Waals surface area contributed by atoms with E-state index in [4.69, 9.17) is 14.2 Å². The zero-order valence-electron chi connectivity index (χ0n) is 44.0. The quantitative estimate of drug-likeness (QED) is 0.0262. The van der Waals surface area contributed by atoms with Crippen molar-refractivity contribution in [2.24, 2.45) is 0 Å². The Labute approximate surface area is 423 Å². The van der Waals surface area contributed by atoms with E-state index in [1.54, 1.807) is 0 Å². The van der Waals surface area contributed by atoms with E-state index in [0.29, 0.717) is 19.3 Å². The summed E-state index contributed by atoms with van der Waals surface area (Å²) in [5, 5.41) is 0. The third-order valence-electron chi connectivity index (χ3n) is 10.8. The lowest BCUT2D eigenvalue weighted by Gasteiger charge is -2.18. The smallest absolute Gasteiger partial charge is 0.306 e. The van der Waals surface area contributed by atoms with Crippen molar-refractivity contribution in [1.82, 2.24) is 0 Å². The van der Waals surface area contributed by atoms with Crippen LogP contribution in [0.15, 0.2) is 146 Å². The highest BCUT2D eigenvalue weighted by molar-refractivity contribution is 5.71. The molecule has 0 aliphatic carbocycles. The van der Waals surface area contributed by atoms with E-state index in [9.17, 15) is 14.4 Å². The Kier molecular flexibility index (Phi) is 52.1. The predicted octanol–water partition coefficient (Wildman–Crippen LogP) is 18.4. The Hall–Kier alpha value is -4.71. The zero-order valence-corrected chi connectivity index (χ0v) is 44.0. The van der Waals surface area contributed by atoms with Crippen LogP contribution in [0.3, 0.4) is 0 Å². The van der Waals surface area contributed by atoms with Gasteiger partial charge in [-0.3, -0.25) is 14.4 Å². The van der Waals surface area contributed by atoms with Crippen LogP contribution < -0.4 is 0 Å². The van der Waals surface area contributed by atoms with Gasteiger partial charge in [-0.25, -0.2) is 0 Å². The molecular formula is C63H98O6. The van der Waals surface area contributed by atoms with Crippen molar-refractivity contribution in [1.29, 1.82) is 0 Å². The first-order chi connectivity index (χ1) is 34.0. The van der Waals surface area contributed by atoms with E-state index in [0.717, 1.165) is 109 Å². The van der Waals surface area contributed by atoms with Crippen LogP contribution >= 0.6 is 0 Å². The molecule has 0 amide bonds. The molecule has 0 saturated carbocycles. The van der Waals surface area contributed by atoms with Gasteiger partial charge in [0, 0.05) is 19.3 Å². The third kappa shape index (κ3) is 54.1. The van der Waals surface area contributed by atoms with Gasteiger partial charge in [-0.2, -0.15) is 0 Å². The second kappa shape index (κ2) is 55.9. The van der Waals surface area contributed by atoms with Crippen LogP contribution in [0.5, 0.6) is 0 Å². The fourth-order valence-corrected chi connectivity index (χ4v) is 6.70. The lowest BCUT2D eigenvalue weighted by molar-refractivity contribution is -0.167. The highest BCUT2D eigenvalue weighted by atomic mass is 16.6. The van der Waals surface area contributed by atoms with Crippen molar-refractivity contribution in [3.8, 4) is 0 Å². The number of esters is 3. The maximum absolute atomic E-state index is 12.8. The summed E-state index contributed by atoms with van der Waals surface area (Å²) >= 11 is 0. The van der Waals surface area contributed by atoms with Gasteiger partial charge in [-0.15, -0.1) is 0 Å². The van der Waals surface area contributed by atoms with E-state index in [-0.39, 0.29) is 44.0 Å². The van der Waals surface area contributed by atoms with Crippen molar-refractivity contribution in [3.05, 3.63) is 146 Å². The van der Waals surface area contributed by atoms with E-state index < -0.39 is 6.10 Å². The van der Waals surface area contributed by atoms with Gasteiger partial charge in [0.25, 0.3) is 0 Å². The largest absolute Gasteiger partial charge is 0.462 e. The summed E-state index contributed by atoms with van der Waals surface area (Å²) in [6, 6.07) is 0. The topological polar surface area (TPSA) is 78.9 Å². The molecule has 0 aliphatic rings. The van der Waals surface area contributed by atoms with Crippen LogP contribution in [-0.4, -0.2) is 37.2 Å². The molecule has 0 N–H and O–H groups in total. The summed E-state index contributed by atoms with van der Waals surface area (Å²) in [5.41, 5.74) is 0. The first-order valence-electron chi connectivity index (χ1n) is 27.3. The minimum absolute atomic E-state index is 0.134. The maximum atomic E-state index is 12.8. The lowest BCUT2D eigenvalue weighted by Crippen LogP contribution is -2.30. The monoisotopic (exact) mass is 951 g/mol. The predicted molar refractivity (Wildman–Crippen MR) is 297 cm³/mol. The number of carbonyl (C=O) groups is 3. The lowest BCUT2D eigenvalue weighted by atomic mass is 10.1. The summed E-state index contributed by atoms with van der Waals surface area (Å²) in [7, 11) is 0. The molecule has 0 aliphatic heterocycles. The number of unbranched alkanes of at least 4 members (excludes halogenated alkanes) is 12. The maximum Gasteiger partial charge on any atom is 0.306 e. The van der Waals surface area contributed by atoms with Crippen LogP contribution in [0.4, 0.5) is 0 Å². The average Bonchev–Trinajstić information content (AvgIpc) is 3.35.